The molecule has 10 aromatic rings. The topological polar surface area (TPSA) is 42.2 Å². The standard InChI is InChI=1S/C48H31N3O/c1-4-12-34(13-5-1)46-47(35-14-6-2-7-15-35)50-48-41-30-36(21-20-33(41)24-28-43(48)49-46)32-22-25-38(26-23-32)51(37-16-8-3-9-17-37)39-27-29-45-42(31-39)40-18-10-11-19-44(40)52-45/h1-31H/i1D,2D,4D,5D,6D,7D,12D,13D,14D,15D,20D,21D,24D,28D,30D. The Morgan fingerprint density at radius 3 is 1.87 bits per heavy atom. The summed E-state index contributed by atoms with van der Waals surface area (Å²) >= 11 is 0. The number of anilines is 3. The third-order valence-corrected chi connectivity index (χ3v) is 8.77. The van der Waals surface area contributed by atoms with Gasteiger partial charge >= 0.3 is 0 Å². The maximum atomic E-state index is 9.70. The summed E-state index contributed by atoms with van der Waals surface area (Å²) in [6.07, 6.45) is 0. The molecular weight excluding hydrogens is 635 g/mol. The van der Waals surface area contributed by atoms with E-state index in [9.17, 15) is 4.11 Å². The molecule has 0 bridgehead atoms. The highest BCUT2D eigenvalue weighted by Gasteiger charge is 2.17. The van der Waals surface area contributed by atoms with Gasteiger partial charge in [-0.1, -0.05) is 127 Å². The van der Waals surface area contributed by atoms with Crippen molar-refractivity contribution in [1.29, 1.82) is 0 Å². The molecule has 0 amide bonds. The lowest BCUT2D eigenvalue weighted by Crippen LogP contribution is -2.09. The summed E-state index contributed by atoms with van der Waals surface area (Å²) in [5, 5.41) is 1.35. The number of fused-ring (bicyclic) bond motifs is 6. The van der Waals surface area contributed by atoms with Crippen molar-refractivity contribution in [2.24, 2.45) is 0 Å². The van der Waals surface area contributed by atoms with Crippen LogP contribution in [0.4, 0.5) is 17.1 Å². The maximum Gasteiger partial charge on any atom is 0.135 e. The quantitative estimate of drug-likeness (QED) is 0.164. The molecule has 244 valence electrons. The van der Waals surface area contributed by atoms with Crippen molar-refractivity contribution in [3.05, 3.63) is 188 Å². The van der Waals surface area contributed by atoms with E-state index in [1.807, 2.05) is 77.7 Å². The minimum absolute atomic E-state index is 0.0408. The summed E-state index contributed by atoms with van der Waals surface area (Å²) in [6.45, 7) is 0. The van der Waals surface area contributed by atoms with E-state index in [1.165, 1.54) is 0 Å². The highest BCUT2D eigenvalue weighted by atomic mass is 16.3. The summed E-state index contributed by atoms with van der Waals surface area (Å²) in [7, 11) is 0. The number of hydrogen-bond donors (Lipinski definition) is 0. The molecule has 0 aliphatic heterocycles. The van der Waals surface area contributed by atoms with Crippen LogP contribution in [0, 0.1) is 0 Å². The zero-order chi connectivity index (χ0) is 47.5. The zero-order valence-electron chi connectivity index (χ0n) is 42.0. The Balaban J connectivity index is 1.23. The lowest BCUT2D eigenvalue weighted by atomic mass is 9.99. The molecule has 52 heavy (non-hydrogen) atoms. The second-order valence-electron chi connectivity index (χ2n) is 11.9. The van der Waals surface area contributed by atoms with Gasteiger partial charge in [0.05, 0.1) is 43.0 Å². The lowest BCUT2D eigenvalue weighted by Gasteiger charge is -2.25. The Morgan fingerprint density at radius 2 is 1.10 bits per heavy atom. The van der Waals surface area contributed by atoms with Gasteiger partial charge in [-0.3, -0.25) is 0 Å². The number of aromatic nitrogens is 2. The van der Waals surface area contributed by atoms with Crippen LogP contribution in [0.15, 0.2) is 192 Å². The molecule has 0 saturated carbocycles. The number of furan rings is 1. The Kier molecular flexibility index (Phi) is 4.35. The average Bonchev–Trinajstić information content (AvgIpc) is 3.71. The molecule has 0 saturated heterocycles. The van der Waals surface area contributed by atoms with E-state index >= 15 is 0 Å². The molecule has 0 spiro atoms. The molecule has 0 fully saturated rings. The minimum atomic E-state index is -0.766. The lowest BCUT2D eigenvalue weighted by molar-refractivity contribution is 0.669. The molecule has 2 heterocycles. The fourth-order valence-electron chi connectivity index (χ4n) is 6.38. The number of benzene rings is 8. The number of para-hydroxylation sites is 2. The molecule has 0 radical (unpaired) electrons. The van der Waals surface area contributed by atoms with Crippen LogP contribution >= 0.6 is 0 Å². The van der Waals surface area contributed by atoms with Crippen molar-refractivity contribution < 1.29 is 25.0 Å². The Bertz CT molecular complexity index is 3710. The molecule has 10 rings (SSSR count). The zero-order valence-corrected chi connectivity index (χ0v) is 27.0. The first-order valence-electron chi connectivity index (χ1n) is 23.8. The summed E-state index contributed by atoms with van der Waals surface area (Å²) in [5.74, 6) is 0. The van der Waals surface area contributed by atoms with Gasteiger partial charge in [-0.05, 0) is 77.1 Å². The van der Waals surface area contributed by atoms with E-state index in [-0.39, 0.29) is 21.9 Å². The van der Waals surface area contributed by atoms with Gasteiger partial charge in [-0.2, -0.15) is 0 Å². The highest BCUT2D eigenvalue weighted by Crippen LogP contribution is 2.40. The number of nitrogens with zero attached hydrogens (tertiary/aromatic N) is 3. The van der Waals surface area contributed by atoms with Gasteiger partial charge < -0.3 is 9.32 Å². The predicted octanol–water partition coefficient (Wildman–Crippen LogP) is 13.2. The van der Waals surface area contributed by atoms with Crippen molar-refractivity contribution in [3.8, 4) is 33.6 Å². The van der Waals surface area contributed by atoms with Crippen LogP contribution in [0.1, 0.15) is 20.6 Å². The van der Waals surface area contributed by atoms with Gasteiger partial charge in [0.15, 0.2) is 0 Å². The van der Waals surface area contributed by atoms with Gasteiger partial charge in [0, 0.05) is 44.3 Å². The summed E-state index contributed by atoms with van der Waals surface area (Å²) < 4.78 is 138. The molecular formula is C48H31N3O. The van der Waals surface area contributed by atoms with E-state index in [4.69, 9.17) is 25.9 Å². The fraction of sp³-hybridized carbons (Fsp3) is 0. The van der Waals surface area contributed by atoms with Gasteiger partial charge in [-0.15, -0.1) is 0 Å². The molecule has 4 heteroatoms. The van der Waals surface area contributed by atoms with Crippen molar-refractivity contribution in [2.75, 3.05) is 4.90 Å². The first-order chi connectivity index (χ1) is 32.0. The first kappa shape index (κ1) is 18.3. The van der Waals surface area contributed by atoms with Gasteiger partial charge in [-0.25, -0.2) is 9.97 Å². The van der Waals surface area contributed by atoms with Crippen LogP contribution < -0.4 is 4.90 Å². The van der Waals surface area contributed by atoms with Crippen molar-refractivity contribution in [3.63, 3.8) is 0 Å². The van der Waals surface area contributed by atoms with Crippen molar-refractivity contribution in [1.82, 2.24) is 9.97 Å². The van der Waals surface area contributed by atoms with Gasteiger partial charge in [0.1, 0.15) is 11.2 Å². The number of rotatable bonds is 6. The molecule has 4 nitrogen and oxygen atoms in total. The molecule has 8 aromatic carbocycles. The van der Waals surface area contributed by atoms with Gasteiger partial charge in [0.25, 0.3) is 0 Å². The Hall–Kier alpha value is -7.04. The fourth-order valence-corrected chi connectivity index (χ4v) is 6.38. The molecule has 0 N–H and O–H groups in total. The number of hydrogen-bond acceptors (Lipinski definition) is 4. The van der Waals surface area contributed by atoms with E-state index in [0.717, 1.165) is 33.3 Å². The minimum Gasteiger partial charge on any atom is -0.456 e. The smallest absolute Gasteiger partial charge is 0.135 e. The van der Waals surface area contributed by atoms with Crippen molar-refractivity contribution in [2.45, 2.75) is 0 Å². The predicted molar refractivity (Wildman–Crippen MR) is 215 cm³/mol. The van der Waals surface area contributed by atoms with E-state index in [1.54, 1.807) is 24.3 Å². The Labute approximate surface area is 322 Å². The average molecular weight is 681 g/mol. The van der Waals surface area contributed by atoms with E-state index < -0.39 is 119 Å². The maximum absolute atomic E-state index is 9.70. The normalized spacial score (nSPS) is 15.5. The van der Waals surface area contributed by atoms with Crippen LogP contribution in [0.5, 0.6) is 0 Å². The molecule has 0 aliphatic rings. The SMILES string of the molecule is [2H]c1c([2H])c([2H])c(-c2nc3c([2H])c([2H])c4c([2H])c([2H])c(-c5ccc(N(c6ccccc6)c6ccc7oc8ccccc8c7c6)cc5)c([2H])c4c3nc2-c2c([2H])c([2H])c([2H])c([2H])c2[2H])c([2H])c1[2H]. The van der Waals surface area contributed by atoms with E-state index in [2.05, 4.69) is 4.98 Å². The Morgan fingerprint density at radius 1 is 0.462 bits per heavy atom. The molecule has 2 aromatic heterocycles. The monoisotopic (exact) mass is 680 g/mol. The highest BCUT2D eigenvalue weighted by molar-refractivity contribution is 6.08. The second-order valence-corrected chi connectivity index (χ2v) is 11.9. The third kappa shape index (κ3) is 5.17. The molecule has 0 aliphatic carbocycles. The summed E-state index contributed by atoms with van der Waals surface area (Å²) in [6, 6.07) is 20.1. The van der Waals surface area contributed by atoms with E-state index in [0.29, 0.717) is 11.3 Å². The van der Waals surface area contributed by atoms with Gasteiger partial charge in [0.2, 0.25) is 0 Å². The van der Waals surface area contributed by atoms with Crippen LogP contribution in [0.25, 0.3) is 77.4 Å². The van der Waals surface area contributed by atoms with Crippen molar-refractivity contribution >= 4 is 60.8 Å². The van der Waals surface area contributed by atoms with Crippen LogP contribution in [0.3, 0.4) is 0 Å². The summed E-state index contributed by atoms with van der Waals surface area (Å²) in [5.41, 5.74) is 1.24. The third-order valence-electron chi connectivity index (χ3n) is 8.77. The van der Waals surface area contributed by atoms with Crippen LogP contribution in [0.2, 0.25) is 0 Å². The van der Waals surface area contributed by atoms with Crippen LogP contribution in [-0.4, -0.2) is 9.97 Å². The summed E-state index contributed by atoms with van der Waals surface area (Å²) in [4.78, 5) is 11.3. The molecule has 0 unspecified atom stereocenters. The first-order valence-corrected chi connectivity index (χ1v) is 16.3. The van der Waals surface area contributed by atoms with Crippen LogP contribution in [-0.2, 0) is 0 Å². The molecule has 0 atom stereocenters. The second kappa shape index (κ2) is 12.4. The largest absolute Gasteiger partial charge is 0.456 e.